The van der Waals surface area contributed by atoms with E-state index in [0.29, 0.717) is 5.13 Å². The molecule has 1 heterocycles. The molecule has 0 fully saturated rings. The number of nitrogens with two attached hydrogens (primary N) is 1. The van der Waals surface area contributed by atoms with E-state index in [1.807, 2.05) is 50.4 Å². The van der Waals surface area contributed by atoms with E-state index in [0.717, 1.165) is 11.3 Å². The molecule has 25 heavy (non-hydrogen) atoms. The van der Waals surface area contributed by atoms with E-state index in [2.05, 4.69) is 15.6 Å². The van der Waals surface area contributed by atoms with Crippen LogP contribution >= 0.6 is 23.7 Å². The van der Waals surface area contributed by atoms with Crippen LogP contribution in [0.4, 0.5) is 5.13 Å². The molecule has 4 N–H and O–H groups in total. The predicted molar refractivity (Wildman–Crippen MR) is 104 cm³/mol. The Bertz CT molecular complexity index is 716. The van der Waals surface area contributed by atoms with E-state index in [1.165, 1.54) is 16.9 Å². The molecule has 1 aromatic carbocycles. The van der Waals surface area contributed by atoms with Crippen molar-refractivity contribution in [2.45, 2.75) is 26.8 Å². The number of carbonyl (C=O) groups is 2. The van der Waals surface area contributed by atoms with Gasteiger partial charge in [-0.05, 0) is 12.8 Å². The van der Waals surface area contributed by atoms with Crippen LogP contribution < -0.4 is 16.4 Å². The van der Waals surface area contributed by atoms with Gasteiger partial charge in [0.1, 0.15) is 0 Å². The van der Waals surface area contributed by atoms with Crippen LogP contribution in [0.3, 0.4) is 0 Å². The van der Waals surface area contributed by atoms with Gasteiger partial charge in [0.05, 0.1) is 18.3 Å². The number of nitrogens with zero attached hydrogens (tertiary/aromatic N) is 1. The zero-order chi connectivity index (χ0) is 17.7. The maximum atomic E-state index is 11.9. The molecular formula is C17H23ClN4O2S. The normalized spacial score (nSPS) is 11.6. The first-order valence-corrected chi connectivity index (χ1v) is 8.60. The van der Waals surface area contributed by atoms with Crippen molar-refractivity contribution in [3.05, 3.63) is 35.2 Å². The highest BCUT2D eigenvalue weighted by molar-refractivity contribution is 7.14. The smallest absolute Gasteiger partial charge is 0.245 e. The predicted octanol–water partition coefficient (Wildman–Crippen LogP) is 2.58. The van der Waals surface area contributed by atoms with E-state index < -0.39 is 6.04 Å². The molecule has 0 saturated heterocycles. The number of rotatable bonds is 6. The van der Waals surface area contributed by atoms with Crippen LogP contribution in [-0.2, 0) is 9.59 Å². The number of thiazole rings is 1. The molecule has 0 aliphatic rings. The lowest BCUT2D eigenvalue weighted by molar-refractivity contribution is -0.125. The quantitative estimate of drug-likeness (QED) is 0.715. The first kappa shape index (κ1) is 21.1. The summed E-state index contributed by atoms with van der Waals surface area (Å²) in [7, 11) is 0. The number of nitrogens with one attached hydrogen (secondary N) is 2. The van der Waals surface area contributed by atoms with Crippen molar-refractivity contribution in [1.29, 1.82) is 0 Å². The second kappa shape index (κ2) is 9.50. The highest BCUT2D eigenvalue weighted by Gasteiger charge is 2.17. The van der Waals surface area contributed by atoms with Gasteiger partial charge in [-0.15, -0.1) is 23.7 Å². The zero-order valence-electron chi connectivity index (χ0n) is 14.4. The molecule has 0 aliphatic carbocycles. The highest BCUT2D eigenvalue weighted by atomic mass is 35.5. The zero-order valence-corrected chi connectivity index (χ0v) is 16.0. The van der Waals surface area contributed by atoms with Gasteiger partial charge in [-0.1, -0.05) is 43.7 Å². The molecule has 1 aromatic heterocycles. The Morgan fingerprint density at radius 3 is 2.48 bits per heavy atom. The Balaban J connectivity index is 0.00000312. The molecule has 0 unspecified atom stereocenters. The summed E-state index contributed by atoms with van der Waals surface area (Å²) in [5.74, 6) is -0.646. The standard InChI is InChI=1S/C17H22N4O2S.ClH/c1-10(2)15(18)16(23)19-8-14(22)21-17-20-13(9-24-17)12-6-4-11(3)5-7-12;/h4-7,9-10,15H,8,18H2,1-3H3,(H,19,23)(H,20,21,22);1H/t15-;/m0./s1. The summed E-state index contributed by atoms with van der Waals surface area (Å²) in [6.45, 7) is 5.60. The molecule has 0 radical (unpaired) electrons. The van der Waals surface area contributed by atoms with Gasteiger partial charge in [0.25, 0.3) is 0 Å². The molecular weight excluding hydrogens is 360 g/mol. The van der Waals surface area contributed by atoms with Gasteiger partial charge in [-0.25, -0.2) is 4.98 Å². The third-order valence-corrected chi connectivity index (χ3v) is 4.30. The van der Waals surface area contributed by atoms with Crippen LogP contribution in [0.2, 0.25) is 0 Å². The monoisotopic (exact) mass is 382 g/mol. The van der Waals surface area contributed by atoms with Crippen molar-refractivity contribution in [2.75, 3.05) is 11.9 Å². The van der Waals surface area contributed by atoms with E-state index in [9.17, 15) is 9.59 Å². The van der Waals surface area contributed by atoms with Crippen molar-refractivity contribution >= 4 is 40.7 Å². The summed E-state index contributed by atoms with van der Waals surface area (Å²) in [6.07, 6.45) is 0. The lowest BCUT2D eigenvalue weighted by Crippen LogP contribution is -2.46. The van der Waals surface area contributed by atoms with E-state index in [-0.39, 0.29) is 36.7 Å². The molecule has 2 aromatic rings. The average molecular weight is 383 g/mol. The van der Waals surface area contributed by atoms with Crippen LogP contribution in [0.15, 0.2) is 29.6 Å². The molecule has 1 atom stereocenters. The SMILES string of the molecule is Cc1ccc(-c2csc(NC(=O)CNC(=O)[C@@H](N)C(C)C)n2)cc1.Cl. The lowest BCUT2D eigenvalue weighted by Gasteiger charge is -2.14. The van der Waals surface area contributed by atoms with Crippen LogP contribution in [0, 0.1) is 12.8 Å². The Labute approximate surface area is 157 Å². The van der Waals surface area contributed by atoms with Crippen molar-refractivity contribution in [1.82, 2.24) is 10.3 Å². The maximum absolute atomic E-state index is 11.9. The van der Waals surface area contributed by atoms with Crippen molar-refractivity contribution in [2.24, 2.45) is 11.7 Å². The number of aryl methyl sites for hydroxylation is 1. The number of benzene rings is 1. The number of hydrogen-bond acceptors (Lipinski definition) is 5. The Hall–Kier alpha value is -1.96. The minimum atomic E-state index is -0.620. The Kier molecular flexibility index (Phi) is 8.02. The Morgan fingerprint density at radius 1 is 1.24 bits per heavy atom. The number of anilines is 1. The van der Waals surface area contributed by atoms with E-state index in [4.69, 9.17) is 5.73 Å². The number of halogens is 1. The summed E-state index contributed by atoms with van der Waals surface area (Å²) in [5, 5.41) is 7.59. The molecule has 2 rings (SSSR count). The number of amides is 2. The number of aromatic nitrogens is 1. The summed E-state index contributed by atoms with van der Waals surface area (Å²) in [4.78, 5) is 28.0. The van der Waals surface area contributed by atoms with Crippen LogP contribution in [-0.4, -0.2) is 29.4 Å². The van der Waals surface area contributed by atoms with Crippen LogP contribution in [0.25, 0.3) is 11.3 Å². The summed E-state index contributed by atoms with van der Waals surface area (Å²) >= 11 is 1.34. The number of carbonyl (C=O) groups excluding carboxylic acids is 2. The topological polar surface area (TPSA) is 97.1 Å². The molecule has 8 heteroatoms. The van der Waals surface area contributed by atoms with Gasteiger partial charge in [0.2, 0.25) is 11.8 Å². The largest absolute Gasteiger partial charge is 0.346 e. The number of hydrogen-bond donors (Lipinski definition) is 3. The molecule has 2 amide bonds. The lowest BCUT2D eigenvalue weighted by atomic mass is 10.1. The van der Waals surface area contributed by atoms with Gasteiger partial charge in [0.15, 0.2) is 5.13 Å². The van der Waals surface area contributed by atoms with Crippen molar-refractivity contribution in [3.8, 4) is 11.3 Å². The van der Waals surface area contributed by atoms with Crippen molar-refractivity contribution < 1.29 is 9.59 Å². The molecule has 0 bridgehead atoms. The third kappa shape index (κ3) is 6.12. The third-order valence-electron chi connectivity index (χ3n) is 3.54. The first-order valence-electron chi connectivity index (χ1n) is 7.72. The highest BCUT2D eigenvalue weighted by Crippen LogP contribution is 2.24. The van der Waals surface area contributed by atoms with Gasteiger partial charge in [0, 0.05) is 10.9 Å². The Morgan fingerprint density at radius 2 is 1.88 bits per heavy atom. The van der Waals surface area contributed by atoms with Gasteiger partial charge >= 0.3 is 0 Å². The molecule has 0 spiro atoms. The summed E-state index contributed by atoms with van der Waals surface area (Å²) in [6, 6.07) is 7.39. The fraction of sp³-hybridized carbons (Fsp3) is 0.353. The summed E-state index contributed by atoms with van der Waals surface area (Å²) < 4.78 is 0. The van der Waals surface area contributed by atoms with Gasteiger partial charge in [-0.3, -0.25) is 9.59 Å². The fourth-order valence-corrected chi connectivity index (χ4v) is 2.68. The van der Waals surface area contributed by atoms with Gasteiger partial charge < -0.3 is 16.4 Å². The first-order chi connectivity index (χ1) is 11.4. The molecule has 136 valence electrons. The van der Waals surface area contributed by atoms with Crippen molar-refractivity contribution in [3.63, 3.8) is 0 Å². The fourth-order valence-electron chi connectivity index (χ4n) is 1.94. The molecule has 0 saturated carbocycles. The van der Waals surface area contributed by atoms with Crippen LogP contribution in [0.5, 0.6) is 0 Å². The minimum absolute atomic E-state index is 0. The van der Waals surface area contributed by atoms with E-state index >= 15 is 0 Å². The second-order valence-corrected chi connectivity index (χ2v) is 6.80. The van der Waals surface area contributed by atoms with Gasteiger partial charge in [-0.2, -0.15) is 0 Å². The minimum Gasteiger partial charge on any atom is -0.346 e. The average Bonchev–Trinajstić information content (AvgIpc) is 3.00. The van der Waals surface area contributed by atoms with Crippen LogP contribution in [0.1, 0.15) is 19.4 Å². The molecule has 6 nitrogen and oxygen atoms in total. The van der Waals surface area contributed by atoms with E-state index in [1.54, 1.807) is 0 Å². The molecule has 0 aliphatic heterocycles. The maximum Gasteiger partial charge on any atom is 0.245 e. The second-order valence-electron chi connectivity index (χ2n) is 5.94. The summed E-state index contributed by atoms with van der Waals surface area (Å²) in [5.41, 5.74) is 8.70.